The zero-order valence-electron chi connectivity index (χ0n) is 10.3. The maximum absolute atomic E-state index is 9.27. The maximum atomic E-state index is 9.27. The minimum absolute atomic E-state index is 0.104. The summed E-state index contributed by atoms with van der Waals surface area (Å²) in [5.41, 5.74) is 2.21. The molecule has 0 aliphatic rings. The topological polar surface area (TPSA) is 23.8 Å². The van der Waals surface area contributed by atoms with Crippen LogP contribution in [0.2, 0.25) is 10.0 Å². The number of hydrogen-bond acceptors (Lipinski definition) is 1. The van der Waals surface area contributed by atoms with Crippen molar-refractivity contribution >= 4 is 23.2 Å². The molecule has 0 bridgehead atoms. The summed E-state index contributed by atoms with van der Waals surface area (Å²) in [5.74, 6) is -0.104. The lowest BCUT2D eigenvalue weighted by molar-refractivity contribution is 0.746. The van der Waals surface area contributed by atoms with Crippen molar-refractivity contribution in [2.75, 3.05) is 0 Å². The number of halogens is 2. The van der Waals surface area contributed by atoms with Crippen LogP contribution in [0.3, 0.4) is 0 Å². The number of hydrogen-bond donors (Lipinski definition) is 0. The lowest BCUT2D eigenvalue weighted by Crippen LogP contribution is -1.98. The van der Waals surface area contributed by atoms with E-state index in [1.165, 1.54) is 5.56 Å². The zero-order chi connectivity index (χ0) is 13.7. The van der Waals surface area contributed by atoms with E-state index >= 15 is 0 Å². The summed E-state index contributed by atoms with van der Waals surface area (Å²) < 4.78 is 0. The van der Waals surface area contributed by atoms with Gasteiger partial charge in [0.15, 0.2) is 0 Å². The second kappa shape index (κ2) is 6.61. The molecule has 3 heteroatoms. The first kappa shape index (κ1) is 13.9. The highest BCUT2D eigenvalue weighted by Crippen LogP contribution is 2.23. The fourth-order valence-corrected chi connectivity index (χ4v) is 2.21. The Labute approximate surface area is 123 Å². The third-order valence-corrected chi connectivity index (χ3v) is 3.57. The molecule has 19 heavy (non-hydrogen) atoms. The molecule has 0 aliphatic heterocycles. The number of nitrogens with zero attached hydrogens (tertiary/aromatic N) is 1. The largest absolute Gasteiger partial charge is 0.198 e. The smallest absolute Gasteiger partial charge is 0.0715 e. The number of rotatable bonds is 4. The van der Waals surface area contributed by atoms with Crippen LogP contribution in [0.25, 0.3) is 0 Å². The van der Waals surface area contributed by atoms with Gasteiger partial charge in [-0.1, -0.05) is 47.5 Å². The molecule has 0 aromatic heterocycles. The summed E-state index contributed by atoms with van der Waals surface area (Å²) >= 11 is 11.7. The van der Waals surface area contributed by atoms with E-state index < -0.39 is 0 Å². The van der Waals surface area contributed by atoms with Crippen LogP contribution in [-0.4, -0.2) is 0 Å². The van der Waals surface area contributed by atoms with Crippen molar-refractivity contribution in [3.05, 3.63) is 69.7 Å². The molecule has 1 nitrogen and oxygen atoms in total. The van der Waals surface area contributed by atoms with E-state index in [0.29, 0.717) is 5.02 Å². The monoisotopic (exact) mass is 289 g/mol. The van der Waals surface area contributed by atoms with Gasteiger partial charge in [0.05, 0.1) is 12.0 Å². The van der Waals surface area contributed by atoms with Gasteiger partial charge in [-0.2, -0.15) is 5.26 Å². The SMILES string of the molecule is N#CC(CCc1ccc(Cl)cc1)c1ccc(Cl)cc1. The predicted octanol–water partition coefficient (Wildman–Crippen LogP) is 5.23. The molecular weight excluding hydrogens is 277 g/mol. The Kier molecular flexibility index (Phi) is 4.85. The Morgan fingerprint density at radius 2 is 1.42 bits per heavy atom. The quantitative estimate of drug-likeness (QED) is 0.756. The van der Waals surface area contributed by atoms with Gasteiger partial charge in [-0.3, -0.25) is 0 Å². The van der Waals surface area contributed by atoms with Crippen molar-refractivity contribution in [2.45, 2.75) is 18.8 Å². The molecule has 2 aromatic carbocycles. The minimum Gasteiger partial charge on any atom is -0.198 e. The van der Waals surface area contributed by atoms with Gasteiger partial charge < -0.3 is 0 Å². The van der Waals surface area contributed by atoms with Gasteiger partial charge >= 0.3 is 0 Å². The summed E-state index contributed by atoms with van der Waals surface area (Å²) in [4.78, 5) is 0. The van der Waals surface area contributed by atoms with Crippen molar-refractivity contribution in [3.8, 4) is 6.07 Å². The van der Waals surface area contributed by atoms with Crippen molar-refractivity contribution in [1.29, 1.82) is 5.26 Å². The fraction of sp³-hybridized carbons (Fsp3) is 0.188. The summed E-state index contributed by atoms with van der Waals surface area (Å²) in [5, 5.41) is 10.7. The average molecular weight is 290 g/mol. The molecule has 2 aromatic rings. The van der Waals surface area contributed by atoms with Crippen molar-refractivity contribution in [3.63, 3.8) is 0 Å². The minimum atomic E-state index is -0.104. The van der Waals surface area contributed by atoms with Gasteiger partial charge in [-0.25, -0.2) is 0 Å². The van der Waals surface area contributed by atoms with Crippen LogP contribution in [0.4, 0.5) is 0 Å². The van der Waals surface area contributed by atoms with Crippen LogP contribution in [0.15, 0.2) is 48.5 Å². The molecule has 0 aliphatic carbocycles. The number of benzene rings is 2. The molecule has 0 spiro atoms. The highest BCUT2D eigenvalue weighted by Gasteiger charge is 2.10. The van der Waals surface area contributed by atoms with Gasteiger partial charge in [0.25, 0.3) is 0 Å². The first-order chi connectivity index (χ1) is 9.19. The van der Waals surface area contributed by atoms with Crippen LogP contribution < -0.4 is 0 Å². The highest BCUT2D eigenvalue weighted by molar-refractivity contribution is 6.30. The van der Waals surface area contributed by atoms with Crippen molar-refractivity contribution in [1.82, 2.24) is 0 Å². The van der Waals surface area contributed by atoms with Gasteiger partial charge in [-0.05, 0) is 48.2 Å². The van der Waals surface area contributed by atoms with Crippen molar-refractivity contribution in [2.24, 2.45) is 0 Å². The first-order valence-corrected chi connectivity index (χ1v) is 6.84. The van der Waals surface area contributed by atoms with E-state index in [2.05, 4.69) is 6.07 Å². The third kappa shape index (κ3) is 3.99. The standard InChI is InChI=1S/C16H13Cl2N/c17-15-7-2-12(3-8-15)1-4-14(11-19)13-5-9-16(18)10-6-13/h2-3,5-10,14H,1,4H2. The van der Waals surface area contributed by atoms with E-state index in [-0.39, 0.29) is 5.92 Å². The summed E-state index contributed by atoms with van der Waals surface area (Å²) in [6, 6.07) is 17.6. The maximum Gasteiger partial charge on any atom is 0.0715 e. The molecule has 0 radical (unpaired) electrons. The van der Waals surface area contributed by atoms with Gasteiger partial charge in [0, 0.05) is 10.0 Å². The lowest BCUT2D eigenvalue weighted by Gasteiger charge is -2.09. The average Bonchev–Trinajstić information content (AvgIpc) is 2.43. The fourth-order valence-electron chi connectivity index (χ4n) is 1.96. The van der Waals surface area contributed by atoms with E-state index in [9.17, 15) is 5.26 Å². The molecule has 0 amide bonds. The van der Waals surface area contributed by atoms with Crippen LogP contribution in [-0.2, 0) is 6.42 Å². The third-order valence-electron chi connectivity index (χ3n) is 3.06. The Balaban J connectivity index is 2.02. The Bertz CT molecular complexity index is 567. The summed E-state index contributed by atoms with van der Waals surface area (Å²) in [6.45, 7) is 0. The van der Waals surface area contributed by atoms with Crippen LogP contribution in [0.1, 0.15) is 23.5 Å². The normalized spacial score (nSPS) is 11.8. The number of aryl methyl sites for hydroxylation is 1. The zero-order valence-corrected chi connectivity index (χ0v) is 11.8. The van der Waals surface area contributed by atoms with Crippen LogP contribution >= 0.6 is 23.2 Å². The van der Waals surface area contributed by atoms with Crippen LogP contribution in [0, 0.1) is 11.3 Å². The second-order valence-corrected chi connectivity index (χ2v) is 5.27. The van der Waals surface area contributed by atoms with Gasteiger partial charge in [0.1, 0.15) is 0 Å². The van der Waals surface area contributed by atoms with E-state index in [1.807, 2.05) is 48.5 Å². The van der Waals surface area contributed by atoms with Crippen LogP contribution in [0.5, 0.6) is 0 Å². The first-order valence-electron chi connectivity index (χ1n) is 6.08. The molecule has 0 fully saturated rings. The molecule has 0 heterocycles. The molecule has 0 N–H and O–H groups in total. The Morgan fingerprint density at radius 1 is 0.895 bits per heavy atom. The summed E-state index contributed by atoms with van der Waals surface area (Å²) in [6.07, 6.45) is 1.65. The highest BCUT2D eigenvalue weighted by atomic mass is 35.5. The van der Waals surface area contributed by atoms with E-state index in [4.69, 9.17) is 23.2 Å². The molecule has 96 valence electrons. The molecular formula is C16H13Cl2N. The lowest BCUT2D eigenvalue weighted by atomic mass is 9.94. The van der Waals surface area contributed by atoms with Crippen molar-refractivity contribution < 1.29 is 0 Å². The molecule has 1 unspecified atom stereocenters. The number of nitriles is 1. The Morgan fingerprint density at radius 3 is 1.95 bits per heavy atom. The molecule has 1 atom stereocenters. The molecule has 0 saturated carbocycles. The van der Waals surface area contributed by atoms with Gasteiger partial charge in [0.2, 0.25) is 0 Å². The predicted molar refractivity (Wildman–Crippen MR) is 79.6 cm³/mol. The van der Waals surface area contributed by atoms with E-state index in [0.717, 1.165) is 23.4 Å². The van der Waals surface area contributed by atoms with Gasteiger partial charge in [-0.15, -0.1) is 0 Å². The molecule has 2 rings (SSSR count). The Hall–Kier alpha value is -1.49. The molecule has 0 saturated heterocycles. The second-order valence-electron chi connectivity index (χ2n) is 4.40. The summed E-state index contributed by atoms with van der Waals surface area (Å²) in [7, 11) is 0. The van der Waals surface area contributed by atoms with E-state index in [1.54, 1.807) is 0 Å².